The lowest BCUT2D eigenvalue weighted by Crippen LogP contribution is -2.06. The second-order valence-electron chi connectivity index (χ2n) is 3.47. The van der Waals surface area contributed by atoms with Crippen LogP contribution in [0.5, 0.6) is 0 Å². The molecular formula is C13H15NO2. The van der Waals surface area contributed by atoms with E-state index in [2.05, 4.69) is 9.99 Å². The minimum Gasteiger partial charge on any atom is -0.399 e. The molecule has 3 nitrogen and oxygen atoms in total. The van der Waals surface area contributed by atoms with Crippen molar-refractivity contribution in [1.29, 1.82) is 0 Å². The molecule has 16 heavy (non-hydrogen) atoms. The van der Waals surface area contributed by atoms with Crippen molar-refractivity contribution in [2.75, 3.05) is 7.11 Å². The molecule has 1 rings (SSSR count). The van der Waals surface area contributed by atoms with Crippen LogP contribution in [0.4, 0.5) is 0 Å². The van der Waals surface area contributed by atoms with Crippen LogP contribution in [0.3, 0.4) is 0 Å². The normalized spacial score (nSPS) is 11.8. The molecule has 0 unspecified atom stereocenters. The van der Waals surface area contributed by atoms with Gasteiger partial charge in [-0.05, 0) is 25.5 Å². The zero-order valence-corrected chi connectivity index (χ0v) is 9.73. The van der Waals surface area contributed by atoms with Crippen LogP contribution in [-0.2, 0) is 9.63 Å². The number of hydrogen-bond donors (Lipinski definition) is 0. The number of benzene rings is 1. The zero-order valence-electron chi connectivity index (χ0n) is 9.73. The lowest BCUT2D eigenvalue weighted by Gasteiger charge is -1.95. The molecule has 0 N–H and O–H groups in total. The SMILES string of the molecule is CO/N=C(\C)C(=O)/C=C/c1ccc(C)cc1. The largest absolute Gasteiger partial charge is 0.399 e. The van der Waals surface area contributed by atoms with Gasteiger partial charge in [0.25, 0.3) is 0 Å². The van der Waals surface area contributed by atoms with E-state index in [9.17, 15) is 4.79 Å². The average Bonchev–Trinajstić information content (AvgIpc) is 2.28. The highest BCUT2D eigenvalue weighted by Crippen LogP contribution is 2.05. The van der Waals surface area contributed by atoms with Gasteiger partial charge in [0.05, 0.1) is 0 Å². The van der Waals surface area contributed by atoms with Crippen LogP contribution in [-0.4, -0.2) is 18.6 Å². The van der Waals surface area contributed by atoms with E-state index < -0.39 is 0 Å². The Bertz CT molecular complexity index is 416. The van der Waals surface area contributed by atoms with Crippen molar-refractivity contribution in [2.24, 2.45) is 5.16 Å². The van der Waals surface area contributed by atoms with Crippen LogP contribution < -0.4 is 0 Å². The van der Waals surface area contributed by atoms with Gasteiger partial charge in [-0.25, -0.2) is 0 Å². The molecule has 0 aliphatic carbocycles. The van der Waals surface area contributed by atoms with Gasteiger partial charge in [-0.2, -0.15) is 0 Å². The van der Waals surface area contributed by atoms with Crippen LogP contribution in [0.2, 0.25) is 0 Å². The van der Waals surface area contributed by atoms with Crippen LogP contribution >= 0.6 is 0 Å². The van der Waals surface area contributed by atoms with Crippen LogP contribution in [0.1, 0.15) is 18.1 Å². The van der Waals surface area contributed by atoms with E-state index in [4.69, 9.17) is 0 Å². The second-order valence-corrected chi connectivity index (χ2v) is 3.47. The Balaban J connectivity index is 2.70. The summed E-state index contributed by atoms with van der Waals surface area (Å²) in [5, 5.41) is 3.57. The van der Waals surface area contributed by atoms with Gasteiger partial charge >= 0.3 is 0 Å². The molecule has 0 atom stereocenters. The summed E-state index contributed by atoms with van der Waals surface area (Å²) in [7, 11) is 1.42. The molecule has 0 aliphatic heterocycles. The molecular weight excluding hydrogens is 202 g/mol. The summed E-state index contributed by atoms with van der Waals surface area (Å²) in [5.74, 6) is -0.151. The maximum atomic E-state index is 11.5. The summed E-state index contributed by atoms with van der Waals surface area (Å²) in [5.41, 5.74) is 2.52. The number of rotatable bonds is 4. The number of nitrogens with zero attached hydrogens (tertiary/aromatic N) is 1. The molecule has 0 amide bonds. The summed E-state index contributed by atoms with van der Waals surface area (Å²) in [6.45, 7) is 3.64. The first-order valence-corrected chi connectivity index (χ1v) is 5.00. The Labute approximate surface area is 95.4 Å². The molecule has 84 valence electrons. The quantitative estimate of drug-likeness (QED) is 0.441. The van der Waals surface area contributed by atoms with Gasteiger partial charge in [0.1, 0.15) is 12.8 Å². The van der Waals surface area contributed by atoms with Gasteiger partial charge in [0.2, 0.25) is 5.78 Å². The average molecular weight is 217 g/mol. The summed E-state index contributed by atoms with van der Waals surface area (Å²) in [6.07, 6.45) is 3.25. The monoisotopic (exact) mass is 217 g/mol. The van der Waals surface area contributed by atoms with Crippen LogP contribution in [0.25, 0.3) is 6.08 Å². The summed E-state index contributed by atoms with van der Waals surface area (Å²) >= 11 is 0. The molecule has 0 heterocycles. The fourth-order valence-electron chi connectivity index (χ4n) is 1.15. The van der Waals surface area contributed by atoms with E-state index in [1.54, 1.807) is 13.0 Å². The van der Waals surface area contributed by atoms with E-state index in [-0.39, 0.29) is 5.78 Å². The van der Waals surface area contributed by atoms with Gasteiger partial charge < -0.3 is 4.84 Å². The van der Waals surface area contributed by atoms with Gasteiger partial charge in [-0.15, -0.1) is 0 Å². The van der Waals surface area contributed by atoms with Crippen molar-refractivity contribution in [3.05, 3.63) is 41.5 Å². The van der Waals surface area contributed by atoms with Gasteiger partial charge in [-0.1, -0.05) is 41.1 Å². The third kappa shape index (κ3) is 3.69. The topological polar surface area (TPSA) is 38.7 Å². The fraction of sp³-hybridized carbons (Fsp3) is 0.231. The number of ketones is 1. The van der Waals surface area contributed by atoms with Crippen LogP contribution in [0, 0.1) is 6.92 Å². The lowest BCUT2D eigenvalue weighted by atomic mass is 10.1. The Morgan fingerprint density at radius 3 is 2.50 bits per heavy atom. The Hall–Kier alpha value is -1.90. The molecule has 0 saturated carbocycles. The first-order valence-electron chi connectivity index (χ1n) is 5.00. The van der Waals surface area contributed by atoms with Crippen molar-refractivity contribution >= 4 is 17.6 Å². The smallest absolute Gasteiger partial charge is 0.203 e. The molecule has 1 aromatic carbocycles. The number of aryl methyl sites for hydroxylation is 1. The number of hydrogen-bond acceptors (Lipinski definition) is 3. The number of carbonyl (C=O) groups is 1. The third-order valence-corrected chi connectivity index (χ3v) is 2.09. The minimum absolute atomic E-state index is 0.151. The van der Waals surface area contributed by atoms with E-state index in [1.807, 2.05) is 31.2 Å². The van der Waals surface area contributed by atoms with Crippen molar-refractivity contribution in [2.45, 2.75) is 13.8 Å². The molecule has 0 bridgehead atoms. The molecule has 0 aromatic heterocycles. The molecule has 0 radical (unpaired) electrons. The number of carbonyl (C=O) groups excluding carboxylic acids is 1. The standard InChI is InChI=1S/C13H15NO2/c1-10-4-6-12(7-5-10)8-9-13(15)11(2)14-16-3/h4-9H,1-3H3/b9-8+,14-11+. The third-order valence-electron chi connectivity index (χ3n) is 2.09. The predicted octanol–water partition coefficient (Wildman–Crippen LogP) is 2.60. The zero-order chi connectivity index (χ0) is 12.0. The van der Waals surface area contributed by atoms with Crippen molar-refractivity contribution in [3.8, 4) is 0 Å². The molecule has 3 heteroatoms. The summed E-state index contributed by atoms with van der Waals surface area (Å²) < 4.78 is 0. The van der Waals surface area contributed by atoms with Crippen molar-refractivity contribution in [1.82, 2.24) is 0 Å². The predicted molar refractivity (Wildman–Crippen MR) is 65.3 cm³/mol. The fourth-order valence-corrected chi connectivity index (χ4v) is 1.15. The van der Waals surface area contributed by atoms with E-state index in [1.165, 1.54) is 18.7 Å². The highest BCUT2D eigenvalue weighted by Gasteiger charge is 2.01. The summed E-state index contributed by atoms with van der Waals surface area (Å²) in [6, 6.07) is 7.92. The van der Waals surface area contributed by atoms with Gasteiger partial charge in [-0.3, -0.25) is 4.79 Å². The van der Waals surface area contributed by atoms with Gasteiger partial charge in [0.15, 0.2) is 0 Å². The van der Waals surface area contributed by atoms with Crippen molar-refractivity contribution < 1.29 is 9.63 Å². The first-order chi connectivity index (χ1) is 7.63. The Morgan fingerprint density at radius 1 is 1.31 bits per heavy atom. The van der Waals surface area contributed by atoms with Gasteiger partial charge in [0, 0.05) is 0 Å². The highest BCUT2D eigenvalue weighted by molar-refractivity contribution is 6.43. The Kier molecular flexibility index (Phi) is 4.45. The first kappa shape index (κ1) is 12.2. The van der Waals surface area contributed by atoms with Crippen molar-refractivity contribution in [3.63, 3.8) is 0 Å². The van der Waals surface area contributed by atoms with E-state index in [0.29, 0.717) is 5.71 Å². The van der Waals surface area contributed by atoms with E-state index in [0.717, 1.165) is 5.56 Å². The molecule has 1 aromatic rings. The Morgan fingerprint density at radius 2 is 1.94 bits per heavy atom. The van der Waals surface area contributed by atoms with E-state index >= 15 is 0 Å². The molecule has 0 spiro atoms. The summed E-state index contributed by atoms with van der Waals surface area (Å²) in [4.78, 5) is 16.0. The second kappa shape index (κ2) is 5.85. The number of allylic oxidation sites excluding steroid dienone is 1. The molecule has 0 aliphatic rings. The minimum atomic E-state index is -0.151. The molecule has 0 saturated heterocycles. The molecule has 0 fully saturated rings. The maximum Gasteiger partial charge on any atom is 0.203 e. The number of oxime groups is 1. The van der Waals surface area contributed by atoms with Crippen LogP contribution in [0.15, 0.2) is 35.5 Å². The highest BCUT2D eigenvalue weighted by atomic mass is 16.6. The maximum absolute atomic E-state index is 11.5. The lowest BCUT2D eigenvalue weighted by molar-refractivity contribution is -0.109.